The molecule has 0 spiro atoms. The molecule has 2 aromatic rings. The fourth-order valence-electron chi connectivity index (χ4n) is 0.994. The monoisotopic (exact) mass is 190 g/mol. The van der Waals surface area contributed by atoms with Crippen LogP contribution in [-0.2, 0) is 7.05 Å². The van der Waals surface area contributed by atoms with Crippen LogP contribution in [0.3, 0.4) is 0 Å². The van der Waals surface area contributed by atoms with Gasteiger partial charge in [0.2, 0.25) is 0 Å². The van der Waals surface area contributed by atoms with Crippen molar-refractivity contribution in [3.8, 4) is 11.3 Å². The van der Waals surface area contributed by atoms with Gasteiger partial charge in [0, 0.05) is 25.0 Å². The molecule has 0 unspecified atom stereocenters. The van der Waals surface area contributed by atoms with Crippen LogP contribution >= 0.6 is 0 Å². The highest BCUT2D eigenvalue weighted by atomic mass is 15.4. The Labute approximate surface area is 83.6 Å². The third kappa shape index (κ3) is 2.39. The summed E-state index contributed by atoms with van der Waals surface area (Å²) < 4.78 is 1.67. The molecule has 14 heavy (non-hydrogen) atoms. The van der Waals surface area contributed by atoms with Gasteiger partial charge in [-0.2, -0.15) is 0 Å². The van der Waals surface area contributed by atoms with Crippen molar-refractivity contribution in [3.63, 3.8) is 0 Å². The van der Waals surface area contributed by atoms with E-state index in [-0.39, 0.29) is 0 Å². The molecular formula is C10H14N4. The lowest BCUT2D eigenvalue weighted by molar-refractivity contribution is 0.715. The first-order valence-corrected chi connectivity index (χ1v) is 4.63. The first-order valence-electron chi connectivity index (χ1n) is 4.63. The van der Waals surface area contributed by atoms with Crippen LogP contribution in [0.15, 0.2) is 30.7 Å². The third-order valence-corrected chi connectivity index (χ3v) is 1.56. The largest absolute Gasteiger partial charge is 0.264 e. The number of rotatable bonds is 1. The summed E-state index contributed by atoms with van der Waals surface area (Å²) in [6.07, 6.45) is 5.36. The number of hydrogen-bond donors (Lipinski definition) is 0. The summed E-state index contributed by atoms with van der Waals surface area (Å²) in [5, 5.41) is 7.79. The van der Waals surface area contributed by atoms with Crippen LogP contribution in [0.5, 0.6) is 0 Å². The number of pyridine rings is 1. The molecule has 0 atom stereocenters. The van der Waals surface area contributed by atoms with E-state index in [1.807, 2.05) is 39.2 Å². The van der Waals surface area contributed by atoms with Crippen molar-refractivity contribution in [2.24, 2.45) is 7.05 Å². The fourth-order valence-corrected chi connectivity index (χ4v) is 0.994. The van der Waals surface area contributed by atoms with Crippen molar-refractivity contribution in [3.05, 3.63) is 30.7 Å². The van der Waals surface area contributed by atoms with Gasteiger partial charge in [0.15, 0.2) is 0 Å². The highest BCUT2D eigenvalue weighted by molar-refractivity contribution is 5.55. The van der Waals surface area contributed by atoms with Crippen molar-refractivity contribution >= 4 is 0 Å². The van der Waals surface area contributed by atoms with E-state index in [4.69, 9.17) is 0 Å². The Kier molecular flexibility index (Phi) is 3.79. The maximum Gasteiger partial charge on any atom is 0.114 e. The predicted molar refractivity (Wildman–Crippen MR) is 55.6 cm³/mol. The molecule has 0 fully saturated rings. The molecule has 2 rings (SSSR count). The zero-order chi connectivity index (χ0) is 10.4. The lowest BCUT2D eigenvalue weighted by Gasteiger charge is -1.90. The molecule has 0 aliphatic rings. The van der Waals surface area contributed by atoms with Crippen LogP contribution in [-0.4, -0.2) is 20.0 Å². The van der Waals surface area contributed by atoms with Crippen molar-refractivity contribution in [2.45, 2.75) is 13.8 Å². The van der Waals surface area contributed by atoms with Crippen molar-refractivity contribution < 1.29 is 0 Å². The smallest absolute Gasteiger partial charge is 0.114 e. The zero-order valence-electron chi connectivity index (χ0n) is 8.68. The minimum atomic E-state index is 0.852. The molecule has 2 heterocycles. The van der Waals surface area contributed by atoms with E-state index in [9.17, 15) is 0 Å². The Balaban J connectivity index is 0.000000461. The van der Waals surface area contributed by atoms with Crippen LogP contribution < -0.4 is 0 Å². The molecule has 0 bridgehead atoms. The second kappa shape index (κ2) is 5.11. The van der Waals surface area contributed by atoms with Crippen LogP contribution in [0, 0.1) is 0 Å². The quantitative estimate of drug-likeness (QED) is 0.689. The second-order valence-electron chi connectivity index (χ2n) is 2.52. The first kappa shape index (κ1) is 10.4. The maximum atomic E-state index is 3.99. The molecule has 4 nitrogen and oxygen atoms in total. The van der Waals surface area contributed by atoms with Gasteiger partial charge in [0.05, 0.1) is 6.20 Å². The van der Waals surface area contributed by atoms with E-state index in [0.717, 1.165) is 11.3 Å². The molecule has 0 aliphatic heterocycles. The van der Waals surface area contributed by atoms with Gasteiger partial charge in [0.25, 0.3) is 0 Å². The number of aromatic nitrogens is 4. The predicted octanol–water partition coefficient (Wildman–Crippen LogP) is 1.90. The molecule has 0 radical (unpaired) electrons. The Morgan fingerprint density at radius 1 is 1.29 bits per heavy atom. The highest BCUT2D eigenvalue weighted by Gasteiger charge is 1.99. The lowest BCUT2D eigenvalue weighted by atomic mass is 10.2. The molecule has 74 valence electrons. The van der Waals surface area contributed by atoms with E-state index in [2.05, 4.69) is 15.3 Å². The van der Waals surface area contributed by atoms with Crippen LogP contribution in [0.2, 0.25) is 0 Å². The summed E-state index contributed by atoms with van der Waals surface area (Å²) in [6, 6.07) is 3.83. The van der Waals surface area contributed by atoms with Gasteiger partial charge < -0.3 is 0 Å². The molecule has 0 N–H and O–H groups in total. The molecule has 4 heteroatoms. The average molecular weight is 190 g/mol. The van der Waals surface area contributed by atoms with E-state index in [0.29, 0.717) is 0 Å². The van der Waals surface area contributed by atoms with Crippen molar-refractivity contribution in [2.75, 3.05) is 0 Å². The Morgan fingerprint density at radius 3 is 2.57 bits per heavy atom. The topological polar surface area (TPSA) is 43.6 Å². The van der Waals surface area contributed by atoms with Gasteiger partial charge in [-0.05, 0) is 12.1 Å². The fraction of sp³-hybridized carbons (Fsp3) is 0.300. The first-order chi connectivity index (χ1) is 6.86. The third-order valence-electron chi connectivity index (χ3n) is 1.56. The lowest BCUT2D eigenvalue weighted by Crippen LogP contribution is -1.85. The maximum absolute atomic E-state index is 3.99. The van der Waals surface area contributed by atoms with Crippen LogP contribution in [0.4, 0.5) is 0 Å². The Hall–Kier alpha value is -1.71. The second-order valence-corrected chi connectivity index (χ2v) is 2.52. The van der Waals surface area contributed by atoms with E-state index in [1.54, 1.807) is 17.1 Å². The summed E-state index contributed by atoms with van der Waals surface area (Å²) in [5.74, 6) is 0. The van der Waals surface area contributed by atoms with Crippen LogP contribution in [0.1, 0.15) is 13.8 Å². The summed E-state index contributed by atoms with van der Waals surface area (Å²) >= 11 is 0. The van der Waals surface area contributed by atoms with Gasteiger partial charge in [0.1, 0.15) is 5.69 Å². The SMILES string of the molecule is CC.Cn1cc(-c2cccnc2)nn1. The molecule has 0 aromatic carbocycles. The highest BCUT2D eigenvalue weighted by Crippen LogP contribution is 2.12. The molecular weight excluding hydrogens is 176 g/mol. The Bertz CT molecular complexity index is 367. The van der Waals surface area contributed by atoms with Crippen molar-refractivity contribution in [1.29, 1.82) is 0 Å². The van der Waals surface area contributed by atoms with Gasteiger partial charge >= 0.3 is 0 Å². The number of nitrogens with zero attached hydrogens (tertiary/aromatic N) is 4. The summed E-state index contributed by atoms with van der Waals surface area (Å²) in [6.45, 7) is 4.00. The molecule has 0 amide bonds. The summed E-state index contributed by atoms with van der Waals surface area (Å²) in [5.41, 5.74) is 1.84. The van der Waals surface area contributed by atoms with Gasteiger partial charge in [-0.3, -0.25) is 9.67 Å². The molecule has 0 saturated carbocycles. The zero-order valence-corrected chi connectivity index (χ0v) is 8.68. The van der Waals surface area contributed by atoms with Gasteiger partial charge in [-0.1, -0.05) is 19.1 Å². The van der Waals surface area contributed by atoms with E-state index in [1.165, 1.54) is 0 Å². The molecule has 2 aromatic heterocycles. The summed E-state index contributed by atoms with van der Waals surface area (Å²) in [7, 11) is 1.84. The van der Waals surface area contributed by atoms with Crippen LogP contribution in [0.25, 0.3) is 11.3 Å². The summed E-state index contributed by atoms with van der Waals surface area (Å²) in [4.78, 5) is 3.99. The Morgan fingerprint density at radius 2 is 2.07 bits per heavy atom. The normalized spacial score (nSPS) is 9.07. The van der Waals surface area contributed by atoms with E-state index < -0.39 is 0 Å². The minimum absolute atomic E-state index is 0.852. The number of hydrogen-bond acceptors (Lipinski definition) is 3. The van der Waals surface area contributed by atoms with Gasteiger partial charge in [-0.15, -0.1) is 5.10 Å². The molecule has 0 aliphatic carbocycles. The number of aryl methyl sites for hydroxylation is 1. The van der Waals surface area contributed by atoms with Gasteiger partial charge in [-0.25, -0.2) is 0 Å². The average Bonchev–Trinajstić information content (AvgIpc) is 2.69. The van der Waals surface area contributed by atoms with Crippen molar-refractivity contribution in [1.82, 2.24) is 20.0 Å². The minimum Gasteiger partial charge on any atom is -0.264 e. The standard InChI is InChI=1S/C8H8N4.C2H6/c1-12-6-8(10-11-12)7-3-2-4-9-5-7;1-2/h2-6H,1H3;1-2H3. The van der Waals surface area contributed by atoms with E-state index >= 15 is 0 Å². The molecule has 0 saturated heterocycles.